The third-order valence-electron chi connectivity index (χ3n) is 4.17. The fraction of sp³-hybridized carbons (Fsp3) is 0.714. The molecule has 18 heavy (non-hydrogen) atoms. The standard InChI is InChI=1S/C14H20O3S/c15-13(7-11-2-6-18-9-11)12-1-4-17-14(8-12)3-5-16-10-14/h2,6,9,12-13,15H,1,3-5,7-8,10H2. The van der Waals surface area contributed by atoms with Crippen molar-refractivity contribution in [3.63, 3.8) is 0 Å². The number of rotatable bonds is 3. The van der Waals surface area contributed by atoms with Crippen LogP contribution in [0.4, 0.5) is 0 Å². The maximum absolute atomic E-state index is 10.4. The first-order valence-corrected chi connectivity index (χ1v) is 7.63. The van der Waals surface area contributed by atoms with Crippen LogP contribution in [0.3, 0.4) is 0 Å². The smallest absolute Gasteiger partial charge is 0.0940 e. The summed E-state index contributed by atoms with van der Waals surface area (Å²) in [5.74, 6) is 0.348. The van der Waals surface area contributed by atoms with Crippen LogP contribution in [0, 0.1) is 5.92 Å². The van der Waals surface area contributed by atoms with Gasteiger partial charge in [-0.2, -0.15) is 11.3 Å². The van der Waals surface area contributed by atoms with E-state index in [4.69, 9.17) is 9.47 Å². The molecule has 1 N–H and O–H groups in total. The fourth-order valence-corrected chi connectivity index (χ4v) is 3.76. The van der Waals surface area contributed by atoms with Crippen LogP contribution < -0.4 is 0 Å². The normalized spacial score (nSPS) is 33.9. The highest BCUT2D eigenvalue weighted by Gasteiger charge is 2.42. The summed E-state index contributed by atoms with van der Waals surface area (Å²) in [4.78, 5) is 0. The van der Waals surface area contributed by atoms with Crippen molar-refractivity contribution < 1.29 is 14.6 Å². The molecule has 2 aliphatic heterocycles. The summed E-state index contributed by atoms with van der Waals surface area (Å²) in [6.45, 7) is 2.26. The highest BCUT2D eigenvalue weighted by molar-refractivity contribution is 7.07. The maximum Gasteiger partial charge on any atom is 0.0940 e. The number of aliphatic hydroxyl groups excluding tert-OH is 1. The second-order valence-electron chi connectivity index (χ2n) is 5.49. The molecule has 3 atom stereocenters. The summed E-state index contributed by atoms with van der Waals surface area (Å²) in [7, 11) is 0. The molecule has 3 nitrogen and oxygen atoms in total. The van der Waals surface area contributed by atoms with Gasteiger partial charge in [0.1, 0.15) is 0 Å². The quantitative estimate of drug-likeness (QED) is 0.913. The van der Waals surface area contributed by atoms with Gasteiger partial charge in [-0.05, 0) is 47.6 Å². The molecule has 0 aliphatic carbocycles. The van der Waals surface area contributed by atoms with Crippen LogP contribution >= 0.6 is 11.3 Å². The van der Waals surface area contributed by atoms with Gasteiger partial charge in [-0.25, -0.2) is 0 Å². The second kappa shape index (κ2) is 5.29. The zero-order valence-electron chi connectivity index (χ0n) is 10.5. The first-order chi connectivity index (χ1) is 8.77. The molecular weight excluding hydrogens is 248 g/mol. The molecule has 0 saturated carbocycles. The Labute approximate surface area is 112 Å². The predicted octanol–water partition coefficient (Wildman–Crippen LogP) is 2.24. The van der Waals surface area contributed by atoms with Crippen molar-refractivity contribution in [2.24, 2.45) is 5.92 Å². The van der Waals surface area contributed by atoms with Crippen LogP contribution in [0.15, 0.2) is 16.8 Å². The lowest BCUT2D eigenvalue weighted by Gasteiger charge is -2.39. The van der Waals surface area contributed by atoms with Crippen molar-refractivity contribution in [1.82, 2.24) is 0 Å². The van der Waals surface area contributed by atoms with Crippen LogP contribution in [0.5, 0.6) is 0 Å². The van der Waals surface area contributed by atoms with Crippen molar-refractivity contribution in [2.45, 2.75) is 37.4 Å². The molecule has 4 heteroatoms. The molecule has 3 rings (SSSR count). The van der Waals surface area contributed by atoms with Gasteiger partial charge in [0.25, 0.3) is 0 Å². The summed E-state index contributed by atoms with van der Waals surface area (Å²) >= 11 is 1.69. The Morgan fingerprint density at radius 3 is 3.17 bits per heavy atom. The first kappa shape index (κ1) is 12.6. The van der Waals surface area contributed by atoms with E-state index in [9.17, 15) is 5.11 Å². The minimum atomic E-state index is -0.249. The van der Waals surface area contributed by atoms with E-state index in [2.05, 4.69) is 16.8 Å². The van der Waals surface area contributed by atoms with Crippen LogP contribution in [-0.4, -0.2) is 36.6 Å². The molecule has 2 fully saturated rings. The van der Waals surface area contributed by atoms with Gasteiger partial charge >= 0.3 is 0 Å². The number of hydrogen-bond donors (Lipinski definition) is 1. The van der Waals surface area contributed by atoms with E-state index in [1.807, 2.05) is 0 Å². The van der Waals surface area contributed by atoms with E-state index >= 15 is 0 Å². The molecule has 2 saturated heterocycles. The van der Waals surface area contributed by atoms with Gasteiger partial charge < -0.3 is 14.6 Å². The van der Waals surface area contributed by atoms with Crippen molar-refractivity contribution in [3.8, 4) is 0 Å². The fourth-order valence-electron chi connectivity index (χ4n) is 3.07. The minimum absolute atomic E-state index is 0.0987. The average molecular weight is 268 g/mol. The summed E-state index contributed by atoms with van der Waals surface area (Å²) in [5, 5.41) is 14.6. The maximum atomic E-state index is 10.4. The van der Waals surface area contributed by atoms with E-state index in [-0.39, 0.29) is 11.7 Å². The highest BCUT2D eigenvalue weighted by Crippen LogP contribution is 2.37. The lowest BCUT2D eigenvalue weighted by atomic mass is 9.81. The van der Waals surface area contributed by atoms with E-state index < -0.39 is 0 Å². The number of ether oxygens (including phenoxy) is 2. The van der Waals surface area contributed by atoms with Crippen molar-refractivity contribution in [1.29, 1.82) is 0 Å². The molecular formula is C14H20O3S. The Morgan fingerprint density at radius 2 is 2.44 bits per heavy atom. The van der Waals surface area contributed by atoms with Crippen LogP contribution in [0.25, 0.3) is 0 Å². The Hall–Kier alpha value is -0.420. The molecule has 3 heterocycles. The monoisotopic (exact) mass is 268 g/mol. The van der Waals surface area contributed by atoms with Crippen LogP contribution in [0.2, 0.25) is 0 Å². The molecule has 0 bridgehead atoms. The largest absolute Gasteiger partial charge is 0.392 e. The highest BCUT2D eigenvalue weighted by atomic mass is 32.1. The van der Waals surface area contributed by atoms with Gasteiger partial charge in [-0.15, -0.1) is 0 Å². The van der Waals surface area contributed by atoms with Crippen LogP contribution in [-0.2, 0) is 15.9 Å². The molecule has 100 valence electrons. The van der Waals surface area contributed by atoms with E-state index in [0.29, 0.717) is 12.5 Å². The molecule has 0 amide bonds. The third kappa shape index (κ3) is 2.62. The van der Waals surface area contributed by atoms with Gasteiger partial charge in [0.15, 0.2) is 0 Å². The van der Waals surface area contributed by atoms with Crippen molar-refractivity contribution in [2.75, 3.05) is 19.8 Å². The first-order valence-electron chi connectivity index (χ1n) is 6.68. The predicted molar refractivity (Wildman–Crippen MR) is 70.9 cm³/mol. The number of thiophene rings is 1. The lowest BCUT2D eigenvalue weighted by Crippen LogP contribution is -2.43. The van der Waals surface area contributed by atoms with Gasteiger partial charge in [0.2, 0.25) is 0 Å². The summed E-state index contributed by atoms with van der Waals surface area (Å²) in [6.07, 6.45) is 3.41. The van der Waals surface area contributed by atoms with Crippen LogP contribution in [0.1, 0.15) is 24.8 Å². The van der Waals surface area contributed by atoms with Gasteiger partial charge in [0.05, 0.1) is 18.3 Å². The Balaban J connectivity index is 1.61. The second-order valence-corrected chi connectivity index (χ2v) is 6.27. The third-order valence-corrected chi connectivity index (χ3v) is 4.90. The number of aliphatic hydroxyl groups is 1. The Kier molecular flexibility index (Phi) is 3.71. The molecule has 3 unspecified atom stereocenters. The topological polar surface area (TPSA) is 38.7 Å². The Morgan fingerprint density at radius 1 is 1.50 bits per heavy atom. The van der Waals surface area contributed by atoms with Crippen molar-refractivity contribution >= 4 is 11.3 Å². The summed E-state index contributed by atoms with van der Waals surface area (Å²) < 4.78 is 11.4. The van der Waals surface area contributed by atoms with E-state index in [0.717, 1.165) is 38.9 Å². The average Bonchev–Trinajstić information content (AvgIpc) is 3.02. The molecule has 0 radical (unpaired) electrons. The van der Waals surface area contributed by atoms with Gasteiger partial charge in [-0.1, -0.05) is 0 Å². The molecule has 1 aromatic rings. The zero-order chi connectivity index (χ0) is 12.4. The summed E-state index contributed by atoms with van der Waals surface area (Å²) in [6, 6.07) is 2.10. The molecule has 1 spiro atoms. The summed E-state index contributed by atoms with van der Waals surface area (Å²) in [5.41, 5.74) is 1.15. The zero-order valence-corrected chi connectivity index (χ0v) is 11.3. The SMILES string of the molecule is OC(Cc1ccsc1)C1CCOC2(CCOC2)C1. The van der Waals surface area contributed by atoms with E-state index in [1.165, 1.54) is 5.56 Å². The Bertz CT molecular complexity index is 370. The molecule has 1 aromatic heterocycles. The van der Waals surface area contributed by atoms with E-state index in [1.54, 1.807) is 11.3 Å². The minimum Gasteiger partial charge on any atom is -0.392 e. The van der Waals surface area contributed by atoms with Gasteiger partial charge in [-0.3, -0.25) is 0 Å². The molecule has 0 aromatic carbocycles. The molecule has 2 aliphatic rings. The lowest BCUT2D eigenvalue weighted by molar-refractivity contribution is -0.116. The van der Waals surface area contributed by atoms with Gasteiger partial charge in [0, 0.05) is 19.6 Å². The van der Waals surface area contributed by atoms with Crippen molar-refractivity contribution in [3.05, 3.63) is 22.4 Å². The number of hydrogen-bond acceptors (Lipinski definition) is 4.